The van der Waals surface area contributed by atoms with Crippen LogP contribution in [-0.2, 0) is 13.9 Å². The second-order valence-electron chi connectivity index (χ2n) is 8.27. The Kier molecular flexibility index (Phi) is 3.81. The number of hydrogen-bond acceptors (Lipinski definition) is 4. The predicted molar refractivity (Wildman–Crippen MR) is 117 cm³/mol. The molecule has 1 aliphatic heterocycles. The van der Waals surface area contributed by atoms with Crippen molar-refractivity contribution in [3.05, 3.63) is 105 Å². The highest BCUT2D eigenvalue weighted by atomic mass is 79.9. The van der Waals surface area contributed by atoms with E-state index >= 15 is 0 Å². The molecule has 7 rings (SSSR count). The summed E-state index contributed by atoms with van der Waals surface area (Å²) in [5, 5.41) is 11.6. The van der Waals surface area contributed by atoms with Gasteiger partial charge in [0.1, 0.15) is 11.5 Å². The van der Waals surface area contributed by atoms with Crippen LogP contribution in [0.4, 0.5) is 15.8 Å². The number of benzene rings is 3. The summed E-state index contributed by atoms with van der Waals surface area (Å²) in [7, 11) is 0. The lowest BCUT2D eigenvalue weighted by molar-refractivity contribution is -0.384. The molecule has 32 heavy (non-hydrogen) atoms. The number of alkyl halides is 1. The molecule has 2 amide bonds. The molecule has 3 aromatic carbocycles. The van der Waals surface area contributed by atoms with Crippen LogP contribution in [0.5, 0.6) is 0 Å². The largest absolute Gasteiger partial charge is 0.296 e. The summed E-state index contributed by atoms with van der Waals surface area (Å²) in [6.45, 7) is 0. The van der Waals surface area contributed by atoms with Crippen molar-refractivity contribution in [3.8, 4) is 0 Å². The molecule has 158 valence electrons. The number of imide groups is 1. The van der Waals surface area contributed by atoms with Crippen molar-refractivity contribution in [1.82, 2.24) is 0 Å². The number of carbonyl (C=O) groups is 2. The molecule has 1 saturated heterocycles. The van der Waals surface area contributed by atoms with Gasteiger partial charge in [0.05, 0.1) is 27.1 Å². The summed E-state index contributed by atoms with van der Waals surface area (Å²) in [6, 6.07) is 18.3. The van der Waals surface area contributed by atoms with Crippen LogP contribution in [0, 0.1) is 27.8 Å². The third-order valence-corrected chi connectivity index (χ3v) is 8.24. The zero-order valence-corrected chi connectivity index (χ0v) is 18.0. The first kappa shape index (κ1) is 19.3. The number of nitro benzene ring substituents is 1. The topological polar surface area (TPSA) is 80.5 Å². The highest BCUT2D eigenvalue weighted by Crippen LogP contribution is 2.66. The van der Waals surface area contributed by atoms with Crippen molar-refractivity contribution in [2.75, 3.05) is 4.90 Å². The Bertz CT molecular complexity index is 1330. The molecule has 8 heteroatoms. The first-order valence-electron chi connectivity index (χ1n) is 10.0. The zero-order valence-electron chi connectivity index (χ0n) is 16.4. The van der Waals surface area contributed by atoms with Gasteiger partial charge in [-0.2, -0.15) is 0 Å². The van der Waals surface area contributed by atoms with E-state index in [9.17, 15) is 24.1 Å². The number of hydrogen-bond donors (Lipinski definition) is 0. The first-order valence-corrected chi connectivity index (χ1v) is 10.8. The second kappa shape index (κ2) is 6.32. The molecule has 2 bridgehead atoms. The van der Waals surface area contributed by atoms with E-state index in [1.807, 2.05) is 48.5 Å². The summed E-state index contributed by atoms with van der Waals surface area (Å²) < 4.78 is 12.8. The molecule has 0 spiro atoms. The van der Waals surface area contributed by atoms with Gasteiger partial charge >= 0.3 is 0 Å². The van der Waals surface area contributed by atoms with Crippen molar-refractivity contribution in [3.63, 3.8) is 0 Å². The fourth-order valence-electron chi connectivity index (χ4n) is 5.75. The van der Waals surface area contributed by atoms with Crippen molar-refractivity contribution < 1.29 is 18.9 Å². The van der Waals surface area contributed by atoms with Gasteiger partial charge in [-0.05, 0) is 34.4 Å². The van der Waals surface area contributed by atoms with E-state index in [1.54, 1.807) is 0 Å². The van der Waals surface area contributed by atoms with Crippen LogP contribution in [0.1, 0.15) is 28.2 Å². The zero-order chi connectivity index (χ0) is 22.4. The van der Waals surface area contributed by atoms with Gasteiger partial charge in [0.2, 0.25) is 11.8 Å². The quantitative estimate of drug-likeness (QED) is 0.226. The number of nitro groups is 1. The molecule has 0 saturated carbocycles. The smallest absolute Gasteiger partial charge is 0.274 e. The van der Waals surface area contributed by atoms with E-state index in [-0.39, 0.29) is 11.6 Å². The van der Waals surface area contributed by atoms with Crippen LogP contribution in [0.3, 0.4) is 0 Å². The number of carbonyl (C=O) groups excluding carboxylic acids is 2. The van der Waals surface area contributed by atoms with Gasteiger partial charge < -0.3 is 0 Å². The Hall–Kier alpha value is -3.39. The summed E-state index contributed by atoms with van der Waals surface area (Å²) in [6.07, 6.45) is 0. The van der Waals surface area contributed by atoms with Gasteiger partial charge in [0, 0.05) is 5.92 Å². The molecule has 1 heterocycles. The van der Waals surface area contributed by atoms with Crippen molar-refractivity contribution in [2.45, 2.75) is 10.2 Å². The highest BCUT2D eigenvalue weighted by Gasteiger charge is 2.68. The van der Waals surface area contributed by atoms with Crippen LogP contribution in [0.2, 0.25) is 0 Å². The maximum atomic E-state index is 13.8. The van der Waals surface area contributed by atoms with Crippen molar-refractivity contribution in [2.24, 2.45) is 11.8 Å². The minimum absolute atomic E-state index is 0.204. The molecule has 0 unspecified atom stereocenters. The van der Waals surface area contributed by atoms with Crippen molar-refractivity contribution >= 4 is 39.1 Å². The standard InChI is InChI=1S/C24H14BrFN2O4/c25-24-15-7-3-1-5-13(15)19(14-6-2-4-8-16(14)24)20-21(24)23(30)27(22(20)29)17-10-9-12(26)11-18(17)28(31)32/h1-11,19-21H/t19?,20-,21-,24?/m1/s1. The average molecular weight is 493 g/mol. The van der Waals surface area contributed by atoms with Crippen LogP contribution >= 0.6 is 15.9 Å². The minimum atomic E-state index is -0.949. The molecule has 6 nitrogen and oxygen atoms in total. The van der Waals surface area contributed by atoms with Gasteiger partial charge in [-0.15, -0.1) is 0 Å². The number of nitrogens with zero attached hydrogens (tertiary/aromatic N) is 2. The average Bonchev–Trinajstić information content (AvgIpc) is 3.06. The van der Waals surface area contributed by atoms with E-state index < -0.39 is 44.4 Å². The Morgan fingerprint density at radius 2 is 1.53 bits per heavy atom. The lowest BCUT2D eigenvalue weighted by Gasteiger charge is -2.51. The maximum Gasteiger partial charge on any atom is 0.296 e. The number of anilines is 1. The molecule has 3 aromatic rings. The monoisotopic (exact) mass is 492 g/mol. The van der Waals surface area contributed by atoms with E-state index in [4.69, 9.17) is 0 Å². The van der Waals surface area contributed by atoms with Crippen LogP contribution < -0.4 is 4.90 Å². The van der Waals surface area contributed by atoms with E-state index in [1.165, 1.54) is 0 Å². The van der Waals surface area contributed by atoms with Crippen LogP contribution in [-0.4, -0.2) is 16.7 Å². The maximum absolute atomic E-state index is 13.8. The van der Waals surface area contributed by atoms with Gasteiger partial charge in [-0.25, -0.2) is 9.29 Å². The molecular formula is C24H14BrFN2O4. The van der Waals surface area contributed by atoms with Gasteiger partial charge in [0.25, 0.3) is 5.69 Å². The normalized spacial score (nSPS) is 27.2. The number of halogens is 2. The second-order valence-corrected chi connectivity index (χ2v) is 9.52. The SMILES string of the molecule is O=C1[C@@H]2C3c4ccccc4C(Br)(c4ccccc43)[C@H]2C(=O)N1c1ccc(F)cc1[N+](=O)[O-]. The third-order valence-electron chi connectivity index (χ3n) is 6.89. The van der Waals surface area contributed by atoms with Gasteiger partial charge in [0.15, 0.2) is 0 Å². The summed E-state index contributed by atoms with van der Waals surface area (Å²) in [4.78, 5) is 39.2. The van der Waals surface area contributed by atoms with E-state index in [0.717, 1.165) is 45.4 Å². The van der Waals surface area contributed by atoms with Gasteiger partial charge in [-0.1, -0.05) is 64.5 Å². The van der Waals surface area contributed by atoms with Crippen LogP contribution in [0.15, 0.2) is 66.7 Å². The number of amides is 2. The molecule has 0 aromatic heterocycles. The molecular weight excluding hydrogens is 479 g/mol. The fraction of sp³-hybridized carbons (Fsp3) is 0.167. The number of rotatable bonds is 2. The van der Waals surface area contributed by atoms with Crippen LogP contribution in [0.25, 0.3) is 0 Å². The Morgan fingerprint density at radius 3 is 2.12 bits per heavy atom. The lowest BCUT2D eigenvalue weighted by Crippen LogP contribution is -2.50. The van der Waals surface area contributed by atoms with Crippen molar-refractivity contribution in [1.29, 1.82) is 0 Å². The predicted octanol–water partition coefficient (Wildman–Crippen LogP) is 4.64. The molecule has 3 aliphatic carbocycles. The Balaban J connectivity index is 1.61. The third kappa shape index (κ3) is 2.17. The van der Waals surface area contributed by atoms with E-state index in [2.05, 4.69) is 15.9 Å². The molecule has 0 radical (unpaired) electrons. The Morgan fingerprint density at radius 1 is 0.938 bits per heavy atom. The first-order chi connectivity index (χ1) is 15.4. The molecule has 2 atom stereocenters. The Labute approximate surface area is 189 Å². The summed E-state index contributed by atoms with van der Waals surface area (Å²) >= 11 is 3.87. The van der Waals surface area contributed by atoms with E-state index in [0.29, 0.717) is 0 Å². The summed E-state index contributed by atoms with van der Waals surface area (Å²) in [5.74, 6) is -3.71. The van der Waals surface area contributed by atoms with Gasteiger partial charge in [-0.3, -0.25) is 19.7 Å². The summed E-state index contributed by atoms with van der Waals surface area (Å²) in [5.41, 5.74) is 2.94. The lowest BCUT2D eigenvalue weighted by atomic mass is 9.55. The highest BCUT2D eigenvalue weighted by molar-refractivity contribution is 9.09. The molecule has 0 N–H and O–H groups in total. The molecule has 1 fully saturated rings. The fourth-order valence-corrected chi connectivity index (χ4v) is 6.95. The minimum Gasteiger partial charge on any atom is -0.274 e. The molecule has 4 aliphatic rings.